The highest BCUT2D eigenvalue weighted by molar-refractivity contribution is 5.99. The summed E-state index contributed by atoms with van der Waals surface area (Å²) in [7, 11) is 0. The van der Waals surface area contributed by atoms with E-state index in [0.717, 1.165) is 66.7 Å². The number of benzene rings is 2. The molecule has 2 aliphatic heterocycles. The number of fused-ring (bicyclic) bond motifs is 2. The van der Waals surface area contributed by atoms with Crippen molar-refractivity contribution in [1.82, 2.24) is 14.7 Å². The van der Waals surface area contributed by atoms with Crippen LogP contribution in [0.2, 0.25) is 0 Å². The van der Waals surface area contributed by atoms with Gasteiger partial charge in [-0.15, -0.1) is 0 Å². The van der Waals surface area contributed by atoms with Crippen molar-refractivity contribution in [2.24, 2.45) is 5.41 Å². The normalized spacial score (nSPS) is 21.1. The number of aromatic nitrogens is 2. The fourth-order valence-corrected chi connectivity index (χ4v) is 6.16. The first kappa shape index (κ1) is 23.9. The maximum Gasteiger partial charge on any atom is 0.335 e. The number of carboxylic acid groups (broad SMARTS) is 1. The van der Waals surface area contributed by atoms with Gasteiger partial charge in [-0.1, -0.05) is 32.0 Å². The fraction of sp³-hybridized carbons (Fsp3) is 0.433. The molecular weight excluding hydrogens is 466 g/mol. The van der Waals surface area contributed by atoms with E-state index in [1.165, 1.54) is 11.3 Å². The Hall–Kier alpha value is -3.45. The molecule has 0 spiro atoms. The first-order valence-corrected chi connectivity index (χ1v) is 13.2. The molecule has 1 fully saturated rings. The first-order chi connectivity index (χ1) is 17.7. The Morgan fingerprint density at radius 2 is 1.92 bits per heavy atom. The summed E-state index contributed by atoms with van der Waals surface area (Å²) in [5.41, 5.74) is 7.80. The number of ether oxygens (including phenoxy) is 1. The number of nitrogens with zero attached hydrogens (tertiary/aromatic N) is 3. The molecule has 2 aromatic carbocycles. The van der Waals surface area contributed by atoms with Crippen LogP contribution in [0, 0.1) is 5.41 Å². The maximum absolute atomic E-state index is 13.4. The smallest absolute Gasteiger partial charge is 0.335 e. The number of carboxylic acids is 1. The number of carbonyl (C=O) groups is 2. The molecule has 0 radical (unpaired) electrons. The van der Waals surface area contributed by atoms with Crippen molar-refractivity contribution in [2.45, 2.75) is 71.7 Å². The summed E-state index contributed by atoms with van der Waals surface area (Å²) in [6.07, 6.45) is 5.09. The average molecular weight is 500 g/mol. The van der Waals surface area contributed by atoms with Gasteiger partial charge in [0.05, 0.1) is 23.0 Å². The fourth-order valence-electron chi connectivity index (χ4n) is 6.16. The van der Waals surface area contributed by atoms with Crippen LogP contribution in [0.3, 0.4) is 0 Å². The van der Waals surface area contributed by atoms with Crippen LogP contribution >= 0.6 is 0 Å². The van der Waals surface area contributed by atoms with E-state index in [2.05, 4.69) is 30.7 Å². The minimum absolute atomic E-state index is 0.00634. The zero-order chi connectivity index (χ0) is 25.9. The van der Waals surface area contributed by atoms with Crippen molar-refractivity contribution in [3.8, 4) is 11.3 Å². The second-order valence-corrected chi connectivity index (χ2v) is 11.5. The van der Waals surface area contributed by atoms with E-state index in [0.29, 0.717) is 6.54 Å². The summed E-state index contributed by atoms with van der Waals surface area (Å²) in [5, 5.41) is 14.3. The minimum Gasteiger partial charge on any atom is -0.478 e. The van der Waals surface area contributed by atoms with Crippen LogP contribution < -0.4 is 0 Å². The Kier molecular flexibility index (Phi) is 5.71. The van der Waals surface area contributed by atoms with Gasteiger partial charge in [0.25, 0.3) is 5.91 Å². The molecule has 3 aliphatic rings. The molecular formula is C30H33N3O4. The monoisotopic (exact) mass is 499 g/mol. The molecule has 1 aromatic heterocycles. The third-order valence-corrected chi connectivity index (χ3v) is 8.14. The summed E-state index contributed by atoms with van der Waals surface area (Å²) in [6, 6.07) is 12.8. The van der Waals surface area contributed by atoms with Gasteiger partial charge in [-0.05, 0) is 79.8 Å². The van der Waals surface area contributed by atoms with Gasteiger partial charge in [-0.25, -0.2) is 9.48 Å². The van der Waals surface area contributed by atoms with Gasteiger partial charge >= 0.3 is 5.97 Å². The Balaban J connectivity index is 1.33. The van der Waals surface area contributed by atoms with Gasteiger partial charge in [0, 0.05) is 29.8 Å². The van der Waals surface area contributed by atoms with Crippen LogP contribution in [0.15, 0.2) is 42.5 Å². The Morgan fingerprint density at radius 3 is 2.62 bits per heavy atom. The maximum atomic E-state index is 13.4. The molecule has 7 nitrogen and oxygen atoms in total. The molecule has 1 saturated heterocycles. The lowest BCUT2D eigenvalue weighted by Crippen LogP contribution is -2.27. The lowest BCUT2D eigenvalue weighted by Gasteiger charge is -2.26. The van der Waals surface area contributed by atoms with Gasteiger partial charge in [0.2, 0.25) is 0 Å². The standard InChI is InChI=1S/C30H33N3O4/c1-18(19-7-9-20(10-8-19)29(35)36)32-17-22-14-21(11-12-23(22)28(32)34)27-24-15-30(2,3)16-25(24)31-33(27)26-6-4-5-13-37-26/h7-12,14,18,26H,4-6,13,15-17H2,1-3H3,(H,35,36)/t18-,26?/m1/s1. The highest BCUT2D eigenvalue weighted by Crippen LogP contribution is 2.44. The third-order valence-electron chi connectivity index (χ3n) is 8.14. The number of hydrogen-bond donors (Lipinski definition) is 1. The minimum atomic E-state index is -0.955. The van der Waals surface area contributed by atoms with Crippen molar-refractivity contribution >= 4 is 11.9 Å². The molecule has 0 bridgehead atoms. The van der Waals surface area contributed by atoms with Crippen LogP contribution in [0.5, 0.6) is 0 Å². The van der Waals surface area contributed by atoms with Gasteiger partial charge in [0.1, 0.15) is 0 Å². The molecule has 37 heavy (non-hydrogen) atoms. The number of rotatable bonds is 5. The van der Waals surface area contributed by atoms with Gasteiger partial charge in [-0.2, -0.15) is 5.10 Å². The molecule has 6 rings (SSSR count). The Morgan fingerprint density at radius 1 is 1.14 bits per heavy atom. The highest BCUT2D eigenvalue weighted by Gasteiger charge is 2.37. The Labute approximate surface area is 217 Å². The van der Waals surface area contributed by atoms with Crippen LogP contribution in [-0.4, -0.2) is 38.3 Å². The van der Waals surface area contributed by atoms with Crippen LogP contribution in [-0.2, 0) is 24.1 Å². The molecule has 2 atom stereocenters. The number of aromatic carboxylic acids is 1. The van der Waals surface area contributed by atoms with Gasteiger partial charge < -0.3 is 14.7 Å². The summed E-state index contributed by atoms with van der Waals surface area (Å²) < 4.78 is 8.26. The second-order valence-electron chi connectivity index (χ2n) is 11.5. The largest absolute Gasteiger partial charge is 0.478 e. The lowest BCUT2D eigenvalue weighted by molar-refractivity contribution is -0.0387. The molecule has 1 unspecified atom stereocenters. The van der Waals surface area contributed by atoms with Crippen LogP contribution in [0.1, 0.15) is 95.4 Å². The molecule has 3 heterocycles. The SMILES string of the molecule is C[C@H](c1ccc(C(=O)O)cc1)N1Cc2cc(-c3c4c(nn3C3CCCCO3)CC(C)(C)C4)ccc2C1=O. The molecule has 3 aromatic rings. The van der Waals surface area contributed by atoms with Crippen LogP contribution in [0.4, 0.5) is 0 Å². The number of hydrogen-bond acceptors (Lipinski definition) is 4. The first-order valence-electron chi connectivity index (χ1n) is 13.2. The third kappa shape index (κ3) is 4.15. The van der Waals surface area contributed by atoms with Crippen molar-refractivity contribution in [1.29, 1.82) is 0 Å². The van der Waals surface area contributed by atoms with E-state index >= 15 is 0 Å². The number of amides is 1. The van der Waals surface area contributed by atoms with Crippen molar-refractivity contribution in [3.05, 3.63) is 76.0 Å². The molecule has 7 heteroatoms. The van der Waals surface area contributed by atoms with E-state index < -0.39 is 5.97 Å². The summed E-state index contributed by atoms with van der Waals surface area (Å²) in [5.74, 6) is -0.948. The van der Waals surface area contributed by atoms with Gasteiger partial charge in [-0.3, -0.25) is 4.79 Å². The van der Waals surface area contributed by atoms with E-state index in [-0.39, 0.29) is 29.2 Å². The molecule has 0 saturated carbocycles. The van der Waals surface area contributed by atoms with E-state index in [9.17, 15) is 14.7 Å². The van der Waals surface area contributed by atoms with Crippen molar-refractivity contribution in [2.75, 3.05) is 6.61 Å². The van der Waals surface area contributed by atoms with E-state index in [4.69, 9.17) is 9.84 Å². The highest BCUT2D eigenvalue weighted by atomic mass is 16.5. The summed E-state index contributed by atoms with van der Waals surface area (Å²) >= 11 is 0. The average Bonchev–Trinajstić information content (AvgIpc) is 3.50. The van der Waals surface area contributed by atoms with Crippen LogP contribution in [0.25, 0.3) is 11.3 Å². The Bertz CT molecular complexity index is 1380. The molecule has 1 aliphatic carbocycles. The topological polar surface area (TPSA) is 84.7 Å². The summed E-state index contributed by atoms with van der Waals surface area (Å²) in [6.45, 7) is 7.86. The number of carbonyl (C=O) groups excluding carboxylic acids is 1. The van der Waals surface area contributed by atoms with Crippen molar-refractivity contribution in [3.63, 3.8) is 0 Å². The summed E-state index contributed by atoms with van der Waals surface area (Å²) in [4.78, 5) is 26.4. The molecule has 1 N–H and O–H groups in total. The quantitative estimate of drug-likeness (QED) is 0.480. The van der Waals surface area contributed by atoms with Crippen molar-refractivity contribution < 1.29 is 19.4 Å². The van der Waals surface area contributed by atoms with Gasteiger partial charge in [0.15, 0.2) is 6.23 Å². The predicted octanol–water partition coefficient (Wildman–Crippen LogP) is 5.79. The predicted molar refractivity (Wildman–Crippen MR) is 139 cm³/mol. The lowest BCUT2D eigenvalue weighted by atomic mass is 9.89. The second kappa shape index (κ2) is 8.84. The van der Waals surface area contributed by atoms with E-state index in [1.807, 2.05) is 17.9 Å². The molecule has 1 amide bonds. The zero-order valence-electron chi connectivity index (χ0n) is 21.7. The molecule has 192 valence electrons. The zero-order valence-corrected chi connectivity index (χ0v) is 21.7. The van der Waals surface area contributed by atoms with E-state index in [1.54, 1.807) is 24.3 Å².